The lowest BCUT2D eigenvalue weighted by Gasteiger charge is -2.23. The molecule has 0 saturated heterocycles. The number of rotatable bonds is 5. The van der Waals surface area contributed by atoms with E-state index in [2.05, 4.69) is 5.32 Å². The Hall–Kier alpha value is -2.23. The number of amides is 1. The fourth-order valence-corrected chi connectivity index (χ4v) is 2.44. The fourth-order valence-electron chi connectivity index (χ4n) is 2.44. The Morgan fingerprint density at radius 1 is 1.14 bits per heavy atom. The second kappa shape index (κ2) is 7.16. The molecule has 0 radical (unpaired) electrons. The monoisotopic (exact) mass is 303 g/mol. The average molecular weight is 303 g/mol. The summed E-state index contributed by atoms with van der Waals surface area (Å²) in [5.74, 6) is -1.89. The highest BCUT2D eigenvalue weighted by Crippen LogP contribution is 2.29. The van der Waals surface area contributed by atoms with Crippen LogP contribution in [0.5, 0.6) is 0 Å². The minimum Gasteiger partial charge on any atom is -0.323 e. The maximum atomic E-state index is 13.7. The number of anilines is 1. The van der Waals surface area contributed by atoms with Gasteiger partial charge in [-0.25, -0.2) is 8.78 Å². The molecule has 1 N–H and O–H groups in total. The van der Waals surface area contributed by atoms with Crippen LogP contribution < -0.4 is 5.32 Å². The number of hydrogen-bond acceptors (Lipinski definition) is 1. The molecular formula is C18H19F2NO. The molecule has 0 aliphatic heterocycles. The zero-order valence-corrected chi connectivity index (χ0v) is 12.6. The Labute approximate surface area is 129 Å². The number of hydrogen-bond donors (Lipinski definition) is 1. The molecule has 0 unspecified atom stereocenters. The Morgan fingerprint density at radius 3 is 2.45 bits per heavy atom. The quantitative estimate of drug-likeness (QED) is 0.849. The number of carbonyl (C=O) groups excluding carboxylic acids is 1. The Bertz CT molecular complexity index is 643. The second-order valence-corrected chi connectivity index (χ2v) is 5.39. The van der Waals surface area contributed by atoms with Crippen molar-refractivity contribution in [2.45, 2.75) is 26.2 Å². The van der Waals surface area contributed by atoms with Gasteiger partial charge < -0.3 is 5.32 Å². The van der Waals surface area contributed by atoms with Gasteiger partial charge in [-0.05, 0) is 23.6 Å². The van der Waals surface area contributed by atoms with Gasteiger partial charge in [-0.1, -0.05) is 50.6 Å². The lowest BCUT2D eigenvalue weighted by Crippen LogP contribution is -2.26. The van der Waals surface area contributed by atoms with Crippen LogP contribution in [0, 0.1) is 17.6 Å². The van der Waals surface area contributed by atoms with Crippen LogP contribution >= 0.6 is 0 Å². The highest BCUT2D eigenvalue weighted by atomic mass is 19.1. The Balaban J connectivity index is 2.28. The lowest BCUT2D eigenvalue weighted by molar-refractivity contribution is -0.118. The molecule has 2 rings (SSSR count). The highest BCUT2D eigenvalue weighted by Gasteiger charge is 2.26. The molecular weight excluding hydrogens is 284 g/mol. The minimum absolute atomic E-state index is 0.0824. The fraction of sp³-hybridized carbons (Fsp3) is 0.278. The maximum absolute atomic E-state index is 13.7. The summed E-state index contributed by atoms with van der Waals surface area (Å²) < 4.78 is 26.9. The molecule has 2 aromatic carbocycles. The summed E-state index contributed by atoms with van der Waals surface area (Å²) in [6, 6.07) is 12.4. The maximum Gasteiger partial charge on any atom is 0.232 e. The first-order valence-electron chi connectivity index (χ1n) is 7.33. The molecule has 0 fully saturated rings. The molecule has 0 aliphatic carbocycles. The molecule has 0 aromatic heterocycles. The zero-order valence-electron chi connectivity index (χ0n) is 12.6. The van der Waals surface area contributed by atoms with Gasteiger partial charge in [0.15, 0.2) is 0 Å². The van der Waals surface area contributed by atoms with Crippen molar-refractivity contribution in [3.8, 4) is 0 Å². The second-order valence-electron chi connectivity index (χ2n) is 5.39. The van der Waals surface area contributed by atoms with E-state index in [0.717, 1.165) is 30.2 Å². The van der Waals surface area contributed by atoms with Crippen molar-refractivity contribution in [2.75, 3.05) is 5.32 Å². The van der Waals surface area contributed by atoms with Crippen LogP contribution in [0.3, 0.4) is 0 Å². The first-order chi connectivity index (χ1) is 10.5. The van der Waals surface area contributed by atoms with Crippen LogP contribution in [-0.2, 0) is 4.79 Å². The summed E-state index contributed by atoms with van der Waals surface area (Å²) >= 11 is 0. The van der Waals surface area contributed by atoms with Crippen LogP contribution in [0.4, 0.5) is 14.5 Å². The first-order valence-corrected chi connectivity index (χ1v) is 7.33. The van der Waals surface area contributed by atoms with E-state index >= 15 is 0 Å². The molecule has 2 nitrogen and oxygen atoms in total. The van der Waals surface area contributed by atoms with E-state index in [1.807, 2.05) is 44.2 Å². The molecule has 0 bridgehead atoms. The van der Waals surface area contributed by atoms with Crippen LogP contribution in [0.25, 0.3) is 0 Å². The van der Waals surface area contributed by atoms with Crippen LogP contribution in [0.2, 0.25) is 0 Å². The van der Waals surface area contributed by atoms with Gasteiger partial charge >= 0.3 is 0 Å². The SMILES string of the molecule is CC[C@H](C)[C@@H](C(=O)Nc1cc(F)ccc1F)c1ccccc1. The van der Waals surface area contributed by atoms with E-state index < -0.39 is 17.6 Å². The van der Waals surface area contributed by atoms with Crippen molar-refractivity contribution in [3.63, 3.8) is 0 Å². The third-order valence-electron chi connectivity index (χ3n) is 3.84. The standard InChI is InChI=1S/C18H19F2NO/c1-3-12(2)17(13-7-5-4-6-8-13)18(22)21-16-11-14(19)9-10-15(16)20/h4-12,17H,3H2,1-2H3,(H,21,22)/t12-,17+/m0/s1. The Kier molecular flexibility index (Phi) is 5.26. The van der Waals surface area contributed by atoms with Crippen molar-refractivity contribution in [2.24, 2.45) is 5.92 Å². The molecule has 4 heteroatoms. The topological polar surface area (TPSA) is 29.1 Å². The molecule has 0 aliphatic rings. The van der Waals surface area contributed by atoms with Crippen molar-refractivity contribution < 1.29 is 13.6 Å². The first kappa shape index (κ1) is 16.1. The summed E-state index contributed by atoms with van der Waals surface area (Å²) in [5, 5.41) is 2.51. The third kappa shape index (κ3) is 3.70. The normalized spacial score (nSPS) is 13.5. The van der Waals surface area contributed by atoms with Gasteiger partial charge in [0.2, 0.25) is 5.91 Å². The van der Waals surface area contributed by atoms with Gasteiger partial charge in [-0.2, -0.15) is 0 Å². The van der Waals surface area contributed by atoms with Crippen LogP contribution in [0.15, 0.2) is 48.5 Å². The van der Waals surface area contributed by atoms with Crippen molar-refractivity contribution in [1.29, 1.82) is 0 Å². The van der Waals surface area contributed by atoms with Crippen LogP contribution in [0.1, 0.15) is 31.7 Å². The van der Waals surface area contributed by atoms with Crippen molar-refractivity contribution in [1.82, 2.24) is 0 Å². The average Bonchev–Trinajstić information content (AvgIpc) is 2.52. The summed E-state index contributed by atoms with van der Waals surface area (Å²) in [5.41, 5.74) is 0.736. The van der Waals surface area contributed by atoms with E-state index in [1.165, 1.54) is 0 Å². The predicted molar refractivity (Wildman–Crippen MR) is 83.6 cm³/mol. The number of nitrogens with one attached hydrogen (secondary N) is 1. The number of benzene rings is 2. The molecule has 116 valence electrons. The zero-order chi connectivity index (χ0) is 16.1. The lowest BCUT2D eigenvalue weighted by atomic mass is 9.85. The minimum atomic E-state index is -0.647. The van der Waals surface area contributed by atoms with Gasteiger partial charge in [-0.3, -0.25) is 4.79 Å². The third-order valence-corrected chi connectivity index (χ3v) is 3.84. The smallest absolute Gasteiger partial charge is 0.232 e. The molecule has 2 aromatic rings. The number of halogens is 2. The van der Waals surface area contributed by atoms with Gasteiger partial charge in [0, 0.05) is 6.07 Å². The van der Waals surface area contributed by atoms with E-state index in [9.17, 15) is 13.6 Å². The summed E-state index contributed by atoms with van der Waals surface area (Å²) in [6.45, 7) is 3.97. The summed E-state index contributed by atoms with van der Waals surface area (Å²) in [6.07, 6.45) is 0.804. The Morgan fingerprint density at radius 2 is 1.82 bits per heavy atom. The van der Waals surface area contributed by atoms with Gasteiger partial charge in [-0.15, -0.1) is 0 Å². The van der Waals surface area contributed by atoms with E-state index in [-0.39, 0.29) is 17.5 Å². The van der Waals surface area contributed by atoms with Gasteiger partial charge in [0.1, 0.15) is 11.6 Å². The van der Waals surface area contributed by atoms with E-state index in [1.54, 1.807) is 0 Å². The summed E-state index contributed by atoms with van der Waals surface area (Å²) in [7, 11) is 0. The number of carbonyl (C=O) groups is 1. The van der Waals surface area contributed by atoms with Crippen LogP contribution in [-0.4, -0.2) is 5.91 Å². The molecule has 1 amide bonds. The van der Waals surface area contributed by atoms with Crippen molar-refractivity contribution in [3.05, 3.63) is 65.7 Å². The highest BCUT2D eigenvalue weighted by molar-refractivity contribution is 5.96. The molecule has 0 heterocycles. The molecule has 0 saturated carbocycles. The molecule has 22 heavy (non-hydrogen) atoms. The molecule has 2 atom stereocenters. The molecule has 0 spiro atoms. The van der Waals surface area contributed by atoms with Crippen molar-refractivity contribution >= 4 is 11.6 Å². The largest absolute Gasteiger partial charge is 0.323 e. The van der Waals surface area contributed by atoms with Gasteiger partial charge in [0.25, 0.3) is 0 Å². The summed E-state index contributed by atoms with van der Waals surface area (Å²) in [4.78, 5) is 12.6. The van der Waals surface area contributed by atoms with Gasteiger partial charge in [0.05, 0.1) is 11.6 Å². The predicted octanol–water partition coefficient (Wildman–Crippen LogP) is 4.73. The van der Waals surface area contributed by atoms with E-state index in [4.69, 9.17) is 0 Å². The van der Waals surface area contributed by atoms with E-state index in [0.29, 0.717) is 0 Å².